The van der Waals surface area contributed by atoms with Gasteiger partial charge in [-0.05, 0) is 23.8 Å². The number of nitrogens with one attached hydrogen (secondary N) is 1. The van der Waals surface area contributed by atoms with E-state index >= 15 is 0 Å². The van der Waals surface area contributed by atoms with Gasteiger partial charge in [0.2, 0.25) is 5.78 Å². The average molecular weight is 399 g/mol. The van der Waals surface area contributed by atoms with E-state index < -0.39 is 5.78 Å². The average Bonchev–Trinajstić information content (AvgIpc) is 3.29. The van der Waals surface area contributed by atoms with Crippen LogP contribution in [0.15, 0.2) is 72.6 Å². The Balaban J connectivity index is 1.51. The Bertz CT molecular complexity index is 1300. The molecule has 1 aliphatic rings. The molecule has 1 aromatic heterocycles. The van der Waals surface area contributed by atoms with Crippen LogP contribution in [-0.2, 0) is 6.61 Å². The number of ether oxygens (including phenoxy) is 2. The van der Waals surface area contributed by atoms with E-state index in [1.54, 1.807) is 12.3 Å². The number of ketones is 1. The Hall–Kier alpha value is -4.19. The van der Waals surface area contributed by atoms with Gasteiger partial charge in [-0.15, -0.1) is 0 Å². The highest BCUT2D eigenvalue weighted by Gasteiger charge is 2.31. The minimum Gasteiger partial charge on any atom is -0.508 e. The van der Waals surface area contributed by atoms with Crippen molar-refractivity contribution >= 4 is 22.8 Å². The van der Waals surface area contributed by atoms with Crippen LogP contribution in [0.5, 0.6) is 23.0 Å². The van der Waals surface area contributed by atoms with Crippen LogP contribution < -0.4 is 9.47 Å². The summed E-state index contributed by atoms with van der Waals surface area (Å²) in [4.78, 5) is 15.9. The molecule has 1 aliphatic heterocycles. The Morgan fingerprint density at radius 2 is 1.87 bits per heavy atom. The number of phenols is 2. The van der Waals surface area contributed by atoms with Crippen molar-refractivity contribution in [2.75, 3.05) is 0 Å². The van der Waals surface area contributed by atoms with Crippen molar-refractivity contribution in [3.05, 3.63) is 89.3 Å². The van der Waals surface area contributed by atoms with Gasteiger partial charge >= 0.3 is 0 Å². The number of carbonyl (C=O) groups is 1. The number of phenolic OH excluding ortho intramolecular Hbond substituents is 2. The second-order valence-electron chi connectivity index (χ2n) is 6.97. The van der Waals surface area contributed by atoms with Gasteiger partial charge in [0.25, 0.3) is 0 Å². The predicted octanol–water partition coefficient (Wildman–Crippen LogP) is 4.77. The summed E-state index contributed by atoms with van der Waals surface area (Å²) in [7, 11) is 0. The molecule has 5 rings (SSSR count). The highest BCUT2D eigenvalue weighted by molar-refractivity contribution is 6.17. The Labute approximate surface area is 171 Å². The largest absolute Gasteiger partial charge is 0.508 e. The van der Waals surface area contributed by atoms with E-state index in [4.69, 9.17) is 9.47 Å². The maximum absolute atomic E-state index is 12.7. The molecule has 0 saturated carbocycles. The maximum atomic E-state index is 12.7. The molecule has 4 aromatic rings. The Kier molecular flexibility index (Phi) is 4.17. The molecule has 0 radical (unpaired) electrons. The summed E-state index contributed by atoms with van der Waals surface area (Å²) < 4.78 is 11.7. The number of hydrogen-bond acceptors (Lipinski definition) is 5. The summed E-state index contributed by atoms with van der Waals surface area (Å²) in [5.41, 5.74) is 2.66. The van der Waals surface area contributed by atoms with Gasteiger partial charge in [0.05, 0.1) is 0 Å². The minimum atomic E-state index is -0.445. The van der Waals surface area contributed by atoms with Gasteiger partial charge < -0.3 is 24.7 Å². The molecule has 148 valence electrons. The molecule has 0 unspecified atom stereocenters. The van der Waals surface area contributed by atoms with E-state index in [0.29, 0.717) is 17.9 Å². The third-order valence-electron chi connectivity index (χ3n) is 4.96. The summed E-state index contributed by atoms with van der Waals surface area (Å²) in [6.45, 7) is 0.412. The van der Waals surface area contributed by atoms with Crippen molar-refractivity contribution in [2.24, 2.45) is 0 Å². The molecule has 6 heteroatoms. The number of hydrogen-bond donors (Lipinski definition) is 3. The van der Waals surface area contributed by atoms with Crippen LogP contribution in [0.1, 0.15) is 21.5 Å². The fourth-order valence-corrected chi connectivity index (χ4v) is 3.57. The summed E-state index contributed by atoms with van der Waals surface area (Å²) in [5.74, 6) is -0.0746. The van der Waals surface area contributed by atoms with Crippen LogP contribution in [0.25, 0.3) is 17.0 Å². The first-order valence-electron chi connectivity index (χ1n) is 9.37. The summed E-state index contributed by atoms with van der Waals surface area (Å²) >= 11 is 0. The first-order chi connectivity index (χ1) is 14.6. The molecule has 3 aromatic carbocycles. The molecule has 0 bridgehead atoms. The molecule has 0 atom stereocenters. The number of aromatic amines is 1. The van der Waals surface area contributed by atoms with Crippen LogP contribution in [0, 0.1) is 0 Å². The molecular weight excluding hydrogens is 382 g/mol. The zero-order chi connectivity index (χ0) is 20.7. The molecule has 30 heavy (non-hydrogen) atoms. The fourth-order valence-electron chi connectivity index (χ4n) is 3.57. The monoisotopic (exact) mass is 399 g/mol. The highest BCUT2D eigenvalue weighted by Crippen LogP contribution is 2.41. The van der Waals surface area contributed by atoms with Crippen molar-refractivity contribution in [1.82, 2.24) is 4.98 Å². The van der Waals surface area contributed by atoms with Crippen molar-refractivity contribution in [3.8, 4) is 23.0 Å². The number of aromatic nitrogens is 1. The number of aromatic hydroxyl groups is 2. The SMILES string of the molecule is O=C1C(=Cc2c[nH]c3cccc(OCc4ccccc4)c23)Oc2cc(O)cc(O)c21. The van der Waals surface area contributed by atoms with E-state index in [9.17, 15) is 15.0 Å². The molecule has 0 spiro atoms. The number of allylic oxidation sites excluding steroid dienone is 1. The van der Waals surface area contributed by atoms with Crippen LogP contribution in [0.2, 0.25) is 0 Å². The van der Waals surface area contributed by atoms with E-state index in [1.165, 1.54) is 6.07 Å². The van der Waals surface area contributed by atoms with Gasteiger partial charge in [-0.3, -0.25) is 4.79 Å². The molecule has 0 saturated heterocycles. The number of benzene rings is 3. The lowest BCUT2D eigenvalue weighted by atomic mass is 10.1. The van der Waals surface area contributed by atoms with Crippen molar-refractivity contribution < 1.29 is 24.5 Å². The Morgan fingerprint density at radius 3 is 2.70 bits per heavy atom. The first kappa shape index (κ1) is 17.9. The smallest absolute Gasteiger partial charge is 0.235 e. The molecule has 3 N–H and O–H groups in total. The van der Waals surface area contributed by atoms with Crippen LogP contribution >= 0.6 is 0 Å². The molecule has 2 heterocycles. The van der Waals surface area contributed by atoms with E-state index in [1.807, 2.05) is 48.5 Å². The van der Waals surface area contributed by atoms with Crippen LogP contribution in [0.3, 0.4) is 0 Å². The molecular formula is C24H17NO5. The van der Waals surface area contributed by atoms with E-state index in [2.05, 4.69) is 4.98 Å². The number of carbonyl (C=O) groups excluding carboxylic acids is 1. The standard InChI is InChI=1S/C24H17NO5/c26-16-10-18(27)23-20(11-16)30-21(24(23)28)9-15-12-25-17-7-4-8-19(22(15)17)29-13-14-5-2-1-3-6-14/h1-12,25-27H,13H2. The zero-order valence-electron chi connectivity index (χ0n) is 15.8. The highest BCUT2D eigenvalue weighted by atomic mass is 16.5. The molecule has 0 amide bonds. The van der Waals surface area contributed by atoms with Gasteiger partial charge in [0, 0.05) is 34.8 Å². The van der Waals surface area contributed by atoms with Gasteiger partial charge in [0.15, 0.2) is 5.76 Å². The second kappa shape index (κ2) is 7.00. The quantitative estimate of drug-likeness (QED) is 0.430. The summed E-state index contributed by atoms with van der Waals surface area (Å²) in [6, 6.07) is 18.0. The van der Waals surface area contributed by atoms with E-state index in [0.717, 1.165) is 22.5 Å². The van der Waals surface area contributed by atoms with Gasteiger partial charge in [-0.2, -0.15) is 0 Å². The third kappa shape index (κ3) is 3.04. The third-order valence-corrected chi connectivity index (χ3v) is 4.96. The number of Topliss-reactive ketones (excluding diaryl/α,β-unsaturated/α-hetero) is 1. The molecule has 0 aliphatic carbocycles. The number of H-pyrrole nitrogens is 1. The van der Waals surface area contributed by atoms with Crippen molar-refractivity contribution in [3.63, 3.8) is 0 Å². The lowest BCUT2D eigenvalue weighted by Gasteiger charge is -2.08. The predicted molar refractivity (Wildman–Crippen MR) is 112 cm³/mol. The first-order valence-corrected chi connectivity index (χ1v) is 9.37. The topological polar surface area (TPSA) is 91.8 Å². The second-order valence-corrected chi connectivity index (χ2v) is 6.97. The van der Waals surface area contributed by atoms with Crippen molar-refractivity contribution in [2.45, 2.75) is 6.61 Å². The lowest BCUT2D eigenvalue weighted by Crippen LogP contribution is -1.99. The van der Waals surface area contributed by atoms with Crippen LogP contribution in [0.4, 0.5) is 0 Å². The molecule has 6 nitrogen and oxygen atoms in total. The minimum absolute atomic E-state index is 0.0412. The number of fused-ring (bicyclic) bond motifs is 2. The van der Waals surface area contributed by atoms with Crippen LogP contribution in [-0.4, -0.2) is 21.0 Å². The number of rotatable bonds is 4. The van der Waals surface area contributed by atoms with Gasteiger partial charge in [-0.25, -0.2) is 0 Å². The Morgan fingerprint density at radius 1 is 1.03 bits per heavy atom. The van der Waals surface area contributed by atoms with E-state index in [-0.39, 0.29) is 28.6 Å². The normalized spacial score (nSPS) is 14.1. The summed E-state index contributed by atoms with van der Waals surface area (Å²) in [5, 5.41) is 20.5. The van der Waals surface area contributed by atoms with Crippen molar-refractivity contribution in [1.29, 1.82) is 0 Å². The van der Waals surface area contributed by atoms with Gasteiger partial charge in [0.1, 0.15) is 35.2 Å². The fraction of sp³-hybridized carbons (Fsp3) is 0.0417. The lowest BCUT2D eigenvalue weighted by molar-refractivity contribution is 0.101. The zero-order valence-corrected chi connectivity index (χ0v) is 15.8. The summed E-state index contributed by atoms with van der Waals surface area (Å²) in [6.07, 6.45) is 3.37. The maximum Gasteiger partial charge on any atom is 0.235 e. The van der Waals surface area contributed by atoms with Gasteiger partial charge in [-0.1, -0.05) is 36.4 Å². The molecule has 0 fully saturated rings.